The Morgan fingerprint density at radius 3 is 2.27 bits per heavy atom. The van der Waals surface area contributed by atoms with Crippen molar-refractivity contribution in [3.8, 4) is 0 Å². The molecule has 1 saturated heterocycles. The molecule has 0 aliphatic carbocycles. The molecule has 1 unspecified atom stereocenters. The minimum Gasteiger partial charge on any atom is -0.344 e. The van der Waals surface area contributed by atoms with E-state index >= 15 is 0 Å². The van der Waals surface area contributed by atoms with Crippen molar-refractivity contribution in [2.75, 3.05) is 24.9 Å². The van der Waals surface area contributed by atoms with Crippen LogP contribution < -0.4 is 0 Å². The van der Waals surface area contributed by atoms with Crippen LogP contribution in [0.4, 0.5) is 0 Å². The van der Waals surface area contributed by atoms with Gasteiger partial charge in [-0.25, -0.2) is 0 Å². The number of hydrogen-bond donors (Lipinski definition) is 1. The van der Waals surface area contributed by atoms with Crippen molar-refractivity contribution in [3.05, 3.63) is 0 Å². The average Bonchev–Trinajstić information content (AvgIpc) is 2.09. The van der Waals surface area contributed by atoms with Gasteiger partial charge in [-0.05, 0) is 12.8 Å². The van der Waals surface area contributed by atoms with Crippen molar-refractivity contribution in [1.29, 1.82) is 0 Å². The number of hydrogen-bond acceptors (Lipinski definition) is 2. The maximum absolute atomic E-state index is 11.7. The molecule has 1 fully saturated rings. The predicted molar refractivity (Wildman–Crippen MR) is 47.2 cm³/mol. The van der Waals surface area contributed by atoms with Crippen LogP contribution in [0.15, 0.2) is 0 Å². The third kappa shape index (κ3) is 3.11. The lowest BCUT2D eigenvalue weighted by Gasteiger charge is -2.12. The van der Waals surface area contributed by atoms with E-state index in [1.165, 1.54) is 6.66 Å². The van der Waals surface area contributed by atoms with E-state index in [1.54, 1.807) is 0 Å². The molecule has 1 N–H and O–H groups in total. The third-order valence-corrected chi connectivity index (χ3v) is 8.33. The van der Waals surface area contributed by atoms with E-state index < -0.39 is 14.5 Å². The van der Waals surface area contributed by atoms with E-state index in [1.807, 2.05) is 0 Å². The Kier molecular flexibility index (Phi) is 2.63. The molecule has 1 atom stereocenters. The summed E-state index contributed by atoms with van der Waals surface area (Å²) in [4.78, 5) is 9.03. The van der Waals surface area contributed by atoms with Gasteiger partial charge in [-0.1, -0.05) is 0 Å². The fourth-order valence-corrected chi connectivity index (χ4v) is 8.31. The summed E-state index contributed by atoms with van der Waals surface area (Å²) in [6.07, 6.45) is 3.31. The highest BCUT2D eigenvalue weighted by Gasteiger charge is 2.32. The van der Waals surface area contributed by atoms with Gasteiger partial charge in [0.1, 0.15) is 0 Å². The van der Waals surface area contributed by atoms with Gasteiger partial charge in [0.2, 0.25) is 7.37 Å². The van der Waals surface area contributed by atoms with E-state index in [4.69, 9.17) is 4.89 Å². The first kappa shape index (κ1) is 9.51. The SMILES string of the molecule is CP(=O)(O)CP1(=O)CCCC1. The highest BCUT2D eigenvalue weighted by Crippen LogP contribution is 2.61. The lowest BCUT2D eigenvalue weighted by atomic mass is 10.4. The van der Waals surface area contributed by atoms with Crippen LogP contribution in [-0.2, 0) is 9.13 Å². The van der Waals surface area contributed by atoms with Crippen molar-refractivity contribution in [3.63, 3.8) is 0 Å². The van der Waals surface area contributed by atoms with Gasteiger partial charge in [-0.15, -0.1) is 0 Å². The van der Waals surface area contributed by atoms with Gasteiger partial charge in [-0.2, -0.15) is 0 Å². The van der Waals surface area contributed by atoms with Crippen LogP contribution in [-0.4, -0.2) is 29.8 Å². The lowest BCUT2D eigenvalue weighted by Crippen LogP contribution is -1.91. The summed E-state index contributed by atoms with van der Waals surface area (Å²) in [5, 5.41) is 0. The molecular weight excluding hydrogens is 182 g/mol. The largest absolute Gasteiger partial charge is 0.344 e. The second-order valence-electron chi connectivity index (χ2n) is 3.40. The number of rotatable bonds is 2. The van der Waals surface area contributed by atoms with E-state index in [0.29, 0.717) is 12.3 Å². The molecule has 0 aromatic carbocycles. The van der Waals surface area contributed by atoms with Gasteiger partial charge >= 0.3 is 0 Å². The van der Waals surface area contributed by atoms with Crippen LogP contribution >= 0.6 is 14.5 Å². The summed E-state index contributed by atoms with van der Waals surface area (Å²) >= 11 is 0. The van der Waals surface area contributed by atoms with Gasteiger partial charge in [0, 0.05) is 19.0 Å². The predicted octanol–water partition coefficient (Wildman–Crippen LogP) is 2.00. The van der Waals surface area contributed by atoms with Crippen molar-refractivity contribution < 1.29 is 14.0 Å². The minimum absolute atomic E-state index is 0.0694. The van der Waals surface area contributed by atoms with E-state index in [9.17, 15) is 9.13 Å². The molecule has 1 aliphatic rings. The van der Waals surface area contributed by atoms with Crippen LogP contribution in [0, 0.1) is 0 Å². The summed E-state index contributed by atoms with van der Waals surface area (Å²) in [5.74, 6) is 0.0694. The monoisotopic (exact) mass is 196 g/mol. The van der Waals surface area contributed by atoms with Crippen LogP contribution in [0.3, 0.4) is 0 Å². The molecular formula is C6H14O3P2. The molecule has 0 aromatic rings. The van der Waals surface area contributed by atoms with Crippen molar-refractivity contribution in [2.24, 2.45) is 0 Å². The molecule has 1 rings (SSSR count). The normalized spacial score (nSPS) is 28.2. The zero-order chi connectivity index (χ0) is 8.54. The molecule has 1 aliphatic heterocycles. The first-order chi connectivity index (χ1) is 4.91. The Balaban J connectivity index is 2.61. The van der Waals surface area contributed by atoms with Crippen LogP contribution in [0.2, 0.25) is 0 Å². The summed E-state index contributed by atoms with van der Waals surface area (Å²) in [6.45, 7) is 1.30. The zero-order valence-corrected chi connectivity index (χ0v) is 8.48. The highest BCUT2D eigenvalue weighted by atomic mass is 31.2. The topological polar surface area (TPSA) is 54.4 Å². The Bertz CT molecular complexity index is 220. The first-order valence-electron chi connectivity index (χ1n) is 3.78. The van der Waals surface area contributed by atoms with E-state index in [2.05, 4.69) is 0 Å². The van der Waals surface area contributed by atoms with Crippen LogP contribution in [0.5, 0.6) is 0 Å². The second kappa shape index (κ2) is 3.05. The van der Waals surface area contributed by atoms with Gasteiger partial charge in [0.05, 0.1) is 13.0 Å². The molecule has 11 heavy (non-hydrogen) atoms. The standard InChI is InChI=1S/C6H14O3P2/c1-10(7,8)6-11(9)4-2-3-5-11/h2-6H2,1H3,(H,7,8). The average molecular weight is 196 g/mol. The van der Waals surface area contributed by atoms with Gasteiger partial charge in [0.15, 0.2) is 0 Å². The highest BCUT2D eigenvalue weighted by molar-refractivity contribution is 7.78. The lowest BCUT2D eigenvalue weighted by molar-refractivity contribution is 0.489. The Hall–Kier alpha value is 0.420. The molecule has 66 valence electrons. The molecule has 0 bridgehead atoms. The van der Waals surface area contributed by atoms with Crippen molar-refractivity contribution in [1.82, 2.24) is 0 Å². The molecule has 1 heterocycles. The first-order valence-corrected chi connectivity index (χ1v) is 8.33. The van der Waals surface area contributed by atoms with Crippen molar-refractivity contribution in [2.45, 2.75) is 12.8 Å². The minimum atomic E-state index is -3.04. The smallest absolute Gasteiger partial charge is 0.204 e. The zero-order valence-electron chi connectivity index (χ0n) is 6.69. The van der Waals surface area contributed by atoms with Gasteiger partial charge in [-0.3, -0.25) is 4.57 Å². The fraction of sp³-hybridized carbons (Fsp3) is 1.00. The van der Waals surface area contributed by atoms with Crippen LogP contribution in [0.25, 0.3) is 0 Å². The quantitative estimate of drug-likeness (QED) is 0.687. The molecule has 5 heteroatoms. The summed E-state index contributed by atoms with van der Waals surface area (Å²) in [6, 6.07) is 0. The molecule has 0 radical (unpaired) electrons. The molecule has 3 nitrogen and oxygen atoms in total. The van der Waals surface area contributed by atoms with Crippen LogP contribution in [0.1, 0.15) is 12.8 Å². The Morgan fingerprint density at radius 1 is 1.45 bits per heavy atom. The van der Waals surface area contributed by atoms with Gasteiger partial charge < -0.3 is 9.46 Å². The van der Waals surface area contributed by atoms with Crippen molar-refractivity contribution >= 4 is 14.5 Å². The van der Waals surface area contributed by atoms with E-state index in [-0.39, 0.29) is 5.90 Å². The summed E-state index contributed by atoms with van der Waals surface area (Å²) < 4.78 is 22.7. The molecule has 0 amide bonds. The van der Waals surface area contributed by atoms with E-state index in [0.717, 1.165) is 12.8 Å². The third-order valence-electron chi connectivity index (χ3n) is 1.90. The summed E-state index contributed by atoms with van der Waals surface area (Å²) in [5.41, 5.74) is 0. The fourth-order valence-electron chi connectivity index (χ4n) is 1.53. The Labute approximate surface area is 67.0 Å². The summed E-state index contributed by atoms with van der Waals surface area (Å²) in [7, 11) is -5.25. The van der Waals surface area contributed by atoms with Gasteiger partial charge in [0.25, 0.3) is 0 Å². The Morgan fingerprint density at radius 2 is 1.91 bits per heavy atom. The molecule has 0 saturated carbocycles. The maximum atomic E-state index is 11.7. The molecule has 0 spiro atoms. The maximum Gasteiger partial charge on any atom is 0.204 e. The second-order valence-corrected chi connectivity index (χ2v) is 9.65. The molecule has 0 aromatic heterocycles.